The van der Waals surface area contributed by atoms with Gasteiger partial charge in [-0.25, -0.2) is 0 Å². The van der Waals surface area contributed by atoms with Gasteiger partial charge in [0.2, 0.25) is 5.91 Å². The molecular formula is C12H19N3O2. The number of carbonyl (C=O) groups is 1. The first-order valence-corrected chi connectivity index (χ1v) is 6.14. The number of carbonyl (C=O) groups excluding carboxylic acids is 1. The van der Waals surface area contributed by atoms with Crippen molar-refractivity contribution in [1.82, 2.24) is 15.1 Å². The highest BCUT2D eigenvalue weighted by atomic mass is 16.5. The van der Waals surface area contributed by atoms with E-state index in [4.69, 9.17) is 4.74 Å². The summed E-state index contributed by atoms with van der Waals surface area (Å²) >= 11 is 0. The number of nitrogens with zero attached hydrogens (tertiary/aromatic N) is 2. The van der Waals surface area contributed by atoms with Gasteiger partial charge in [0, 0.05) is 32.0 Å². The second-order valence-corrected chi connectivity index (χ2v) is 4.43. The molecule has 1 aromatic heterocycles. The van der Waals surface area contributed by atoms with E-state index in [0.29, 0.717) is 13.0 Å². The minimum atomic E-state index is 0.0588. The Balaban J connectivity index is 1.69. The van der Waals surface area contributed by atoms with Crippen molar-refractivity contribution in [3.8, 4) is 0 Å². The van der Waals surface area contributed by atoms with Crippen LogP contribution >= 0.6 is 0 Å². The molecule has 0 spiro atoms. The minimum Gasteiger partial charge on any atom is -0.376 e. The highest BCUT2D eigenvalue weighted by Gasteiger charge is 2.23. The topological polar surface area (TPSA) is 56.2 Å². The van der Waals surface area contributed by atoms with E-state index in [2.05, 4.69) is 10.4 Å². The van der Waals surface area contributed by atoms with Gasteiger partial charge in [-0.1, -0.05) is 0 Å². The molecule has 1 N–H and O–H groups in total. The van der Waals surface area contributed by atoms with Crippen molar-refractivity contribution >= 4 is 5.91 Å². The SMILES string of the molecule is C[C@@H](NC(=O)CCn1cccn1)[C@@H]1CCCO1. The van der Waals surface area contributed by atoms with Gasteiger partial charge in [-0.05, 0) is 25.8 Å². The van der Waals surface area contributed by atoms with Crippen LogP contribution in [0.2, 0.25) is 0 Å². The summed E-state index contributed by atoms with van der Waals surface area (Å²) in [5.74, 6) is 0.0588. The molecule has 2 atom stereocenters. The lowest BCUT2D eigenvalue weighted by atomic mass is 10.1. The lowest BCUT2D eigenvalue weighted by Crippen LogP contribution is -2.41. The Labute approximate surface area is 101 Å². The van der Waals surface area contributed by atoms with E-state index in [1.807, 2.05) is 19.2 Å². The zero-order chi connectivity index (χ0) is 12.1. The Morgan fingerprint density at radius 1 is 1.71 bits per heavy atom. The molecule has 0 saturated carbocycles. The summed E-state index contributed by atoms with van der Waals surface area (Å²) in [6.45, 7) is 3.44. The molecule has 1 amide bonds. The van der Waals surface area contributed by atoms with Crippen molar-refractivity contribution in [2.45, 2.75) is 44.9 Å². The van der Waals surface area contributed by atoms with Crippen molar-refractivity contribution in [3.05, 3.63) is 18.5 Å². The Hall–Kier alpha value is -1.36. The van der Waals surface area contributed by atoms with Gasteiger partial charge in [0.15, 0.2) is 0 Å². The Bertz CT molecular complexity index is 345. The molecule has 0 aromatic carbocycles. The smallest absolute Gasteiger partial charge is 0.222 e. The Kier molecular flexibility index (Phi) is 4.14. The van der Waals surface area contributed by atoms with Crippen LogP contribution in [0.15, 0.2) is 18.5 Å². The summed E-state index contributed by atoms with van der Waals surface area (Å²) in [4.78, 5) is 11.7. The van der Waals surface area contributed by atoms with Gasteiger partial charge in [0.1, 0.15) is 0 Å². The third-order valence-corrected chi connectivity index (χ3v) is 3.04. The van der Waals surface area contributed by atoms with Crippen LogP contribution in [0.4, 0.5) is 0 Å². The van der Waals surface area contributed by atoms with Crippen LogP contribution in [-0.2, 0) is 16.1 Å². The molecule has 5 nitrogen and oxygen atoms in total. The fraction of sp³-hybridized carbons (Fsp3) is 0.667. The molecule has 1 aliphatic rings. The van der Waals surface area contributed by atoms with Crippen LogP contribution in [-0.4, -0.2) is 34.4 Å². The molecule has 1 aliphatic heterocycles. The third kappa shape index (κ3) is 3.56. The zero-order valence-corrected chi connectivity index (χ0v) is 10.1. The van der Waals surface area contributed by atoms with Crippen LogP contribution in [0.3, 0.4) is 0 Å². The number of hydrogen-bond acceptors (Lipinski definition) is 3. The van der Waals surface area contributed by atoms with Crippen molar-refractivity contribution in [1.29, 1.82) is 0 Å². The predicted molar refractivity (Wildman–Crippen MR) is 63.4 cm³/mol. The molecule has 2 rings (SSSR count). The largest absolute Gasteiger partial charge is 0.376 e. The second-order valence-electron chi connectivity index (χ2n) is 4.43. The Morgan fingerprint density at radius 3 is 3.24 bits per heavy atom. The van der Waals surface area contributed by atoms with E-state index in [9.17, 15) is 4.79 Å². The van der Waals surface area contributed by atoms with Gasteiger partial charge in [-0.15, -0.1) is 0 Å². The first kappa shape index (κ1) is 12.1. The maximum absolute atomic E-state index is 11.7. The number of aromatic nitrogens is 2. The molecule has 17 heavy (non-hydrogen) atoms. The minimum absolute atomic E-state index is 0.0588. The first-order chi connectivity index (χ1) is 8.25. The van der Waals surface area contributed by atoms with Gasteiger partial charge in [0.05, 0.1) is 12.1 Å². The molecule has 94 valence electrons. The molecule has 1 aromatic rings. The molecule has 0 unspecified atom stereocenters. The molecule has 2 heterocycles. The van der Waals surface area contributed by atoms with Crippen LogP contribution in [0, 0.1) is 0 Å². The van der Waals surface area contributed by atoms with Crippen LogP contribution in [0.25, 0.3) is 0 Å². The molecule has 1 fully saturated rings. The van der Waals surface area contributed by atoms with Crippen molar-refractivity contribution < 1.29 is 9.53 Å². The van der Waals surface area contributed by atoms with Crippen molar-refractivity contribution in [3.63, 3.8) is 0 Å². The summed E-state index contributed by atoms with van der Waals surface area (Å²) in [7, 11) is 0. The number of aryl methyl sites for hydroxylation is 1. The molecular weight excluding hydrogens is 218 g/mol. The molecule has 0 bridgehead atoms. The molecule has 0 radical (unpaired) electrons. The van der Waals surface area contributed by atoms with Crippen LogP contribution in [0.5, 0.6) is 0 Å². The van der Waals surface area contributed by atoms with Gasteiger partial charge in [-0.2, -0.15) is 5.10 Å². The zero-order valence-electron chi connectivity index (χ0n) is 10.1. The lowest BCUT2D eigenvalue weighted by Gasteiger charge is -2.19. The van der Waals surface area contributed by atoms with E-state index < -0.39 is 0 Å². The number of hydrogen-bond donors (Lipinski definition) is 1. The van der Waals surface area contributed by atoms with Gasteiger partial charge in [0.25, 0.3) is 0 Å². The van der Waals surface area contributed by atoms with Gasteiger partial charge in [-0.3, -0.25) is 9.48 Å². The highest BCUT2D eigenvalue weighted by molar-refractivity contribution is 5.76. The molecule has 1 saturated heterocycles. The van der Waals surface area contributed by atoms with Crippen LogP contribution in [0.1, 0.15) is 26.2 Å². The maximum Gasteiger partial charge on any atom is 0.222 e. The highest BCUT2D eigenvalue weighted by Crippen LogP contribution is 2.15. The summed E-state index contributed by atoms with van der Waals surface area (Å²) in [5, 5.41) is 7.04. The second kappa shape index (κ2) is 5.82. The van der Waals surface area contributed by atoms with E-state index in [-0.39, 0.29) is 18.1 Å². The van der Waals surface area contributed by atoms with Gasteiger partial charge >= 0.3 is 0 Å². The quantitative estimate of drug-likeness (QED) is 0.829. The number of rotatable bonds is 5. The third-order valence-electron chi connectivity index (χ3n) is 3.04. The first-order valence-electron chi connectivity index (χ1n) is 6.14. The van der Waals surface area contributed by atoms with Crippen LogP contribution < -0.4 is 5.32 Å². The summed E-state index contributed by atoms with van der Waals surface area (Å²) < 4.78 is 7.29. The monoisotopic (exact) mass is 237 g/mol. The average Bonchev–Trinajstić information content (AvgIpc) is 2.99. The van der Waals surface area contributed by atoms with E-state index in [1.54, 1.807) is 10.9 Å². The van der Waals surface area contributed by atoms with E-state index >= 15 is 0 Å². The maximum atomic E-state index is 11.7. The molecule has 0 aliphatic carbocycles. The van der Waals surface area contributed by atoms with Crippen molar-refractivity contribution in [2.75, 3.05) is 6.61 Å². The predicted octanol–water partition coefficient (Wildman–Crippen LogP) is 0.957. The van der Waals surface area contributed by atoms with E-state index in [1.165, 1.54) is 0 Å². The molecule has 5 heteroatoms. The summed E-state index contributed by atoms with van der Waals surface area (Å²) in [6, 6.07) is 1.95. The number of ether oxygens (including phenoxy) is 1. The number of amides is 1. The lowest BCUT2D eigenvalue weighted by molar-refractivity contribution is -0.122. The van der Waals surface area contributed by atoms with Crippen molar-refractivity contribution in [2.24, 2.45) is 0 Å². The summed E-state index contributed by atoms with van der Waals surface area (Å²) in [5.41, 5.74) is 0. The Morgan fingerprint density at radius 2 is 2.59 bits per heavy atom. The standard InChI is InChI=1S/C12H19N3O2/c1-10(11-4-2-9-17-11)14-12(16)5-8-15-7-3-6-13-15/h3,6-7,10-11H,2,4-5,8-9H2,1H3,(H,14,16)/t10-,11+/m1/s1. The normalized spacial score (nSPS) is 21.4. The number of nitrogens with one attached hydrogen (secondary N) is 1. The average molecular weight is 237 g/mol. The van der Waals surface area contributed by atoms with E-state index in [0.717, 1.165) is 19.4 Å². The van der Waals surface area contributed by atoms with Gasteiger partial charge < -0.3 is 10.1 Å². The summed E-state index contributed by atoms with van der Waals surface area (Å²) in [6.07, 6.45) is 6.35. The fourth-order valence-corrected chi connectivity index (χ4v) is 2.06. The fourth-order valence-electron chi connectivity index (χ4n) is 2.06.